The number of nitrogens with zero attached hydrogens (tertiary/aromatic N) is 2. The number of carbonyl (C=O) groups excluding carboxylic acids is 2. The quantitative estimate of drug-likeness (QED) is 0.597. The average Bonchev–Trinajstić information content (AvgIpc) is 2.17. The van der Waals surface area contributed by atoms with Crippen LogP contribution in [-0.2, 0) is 4.79 Å². The smallest absolute Gasteiger partial charge is 0.229 e. The topological polar surface area (TPSA) is 72.0 Å². The lowest BCUT2D eigenvalue weighted by Gasteiger charge is -1.99. The molecular formula is C8H8ClN3O2. The maximum atomic E-state index is 11.0. The van der Waals surface area contributed by atoms with Crippen molar-refractivity contribution >= 4 is 29.2 Å². The summed E-state index contributed by atoms with van der Waals surface area (Å²) in [6, 6.07) is 0. The fourth-order valence-electron chi connectivity index (χ4n) is 0.771. The molecule has 1 aromatic rings. The number of anilines is 1. The fourth-order valence-corrected chi connectivity index (χ4v) is 0.925. The van der Waals surface area contributed by atoms with Crippen molar-refractivity contribution in [1.29, 1.82) is 0 Å². The molecule has 14 heavy (non-hydrogen) atoms. The van der Waals surface area contributed by atoms with Gasteiger partial charge in [0, 0.05) is 19.3 Å². The van der Waals surface area contributed by atoms with Crippen LogP contribution in [0.4, 0.5) is 5.95 Å². The Morgan fingerprint density at radius 3 is 2.43 bits per heavy atom. The van der Waals surface area contributed by atoms with Crippen LogP contribution in [0.3, 0.4) is 0 Å². The minimum absolute atomic E-state index is 0.108. The number of rotatable bonds is 3. The van der Waals surface area contributed by atoms with Gasteiger partial charge in [-0.1, -0.05) is 0 Å². The molecule has 0 spiro atoms. The molecule has 0 atom stereocenters. The Bertz CT molecular complexity index is 350. The summed E-state index contributed by atoms with van der Waals surface area (Å²) < 4.78 is 0. The molecule has 0 unspecified atom stereocenters. The standard InChI is InChI=1S/C8H8ClN3O2/c1-5(13)12-8-10-3-6(4-11-8)7(14)2-9/h3-4H,2H2,1H3,(H,10,11,12,13). The summed E-state index contributed by atoms with van der Waals surface area (Å²) in [4.78, 5) is 29.2. The van der Waals surface area contributed by atoms with Gasteiger partial charge < -0.3 is 0 Å². The highest BCUT2D eigenvalue weighted by atomic mass is 35.5. The van der Waals surface area contributed by atoms with Crippen molar-refractivity contribution in [3.63, 3.8) is 0 Å². The number of carbonyl (C=O) groups is 2. The Balaban J connectivity index is 2.78. The van der Waals surface area contributed by atoms with Crippen LogP contribution in [0.15, 0.2) is 12.4 Å². The summed E-state index contributed by atoms with van der Waals surface area (Å²) in [5, 5.41) is 2.38. The number of alkyl halides is 1. The number of aromatic nitrogens is 2. The molecule has 0 radical (unpaired) electrons. The lowest BCUT2D eigenvalue weighted by Crippen LogP contribution is -2.10. The predicted molar refractivity (Wildman–Crippen MR) is 51.4 cm³/mol. The molecule has 1 N–H and O–H groups in total. The van der Waals surface area contributed by atoms with Crippen molar-refractivity contribution in [2.45, 2.75) is 6.92 Å². The highest BCUT2D eigenvalue weighted by Crippen LogP contribution is 2.02. The molecule has 5 nitrogen and oxygen atoms in total. The van der Waals surface area contributed by atoms with Crippen LogP contribution in [0.2, 0.25) is 0 Å². The Kier molecular flexibility index (Phi) is 3.53. The van der Waals surface area contributed by atoms with Crippen molar-refractivity contribution in [2.75, 3.05) is 11.2 Å². The number of hydrogen-bond donors (Lipinski definition) is 1. The third kappa shape index (κ3) is 2.77. The minimum atomic E-state index is -0.263. The summed E-state index contributed by atoms with van der Waals surface area (Å²) in [7, 11) is 0. The summed E-state index contributed by atoms with van der Waals surface area (Å²) in [6.07, 6.45) is 2.64. The number of hydrogen-bond acceptors (Lipinski definition) is 4. The van der Waals surface area contributed by atoms with Gasteiger partial charge in [-0.3, -0.25) is 14.9 Å². The van der Waals surface area contributed by atoms with E-state index in [1.807, 2.05) is 0 Å². The van der Waals surface area contributed by atoms with Gasteiger partial charge in [-0.05, 0) is 0 Å². The maximum Gasteiger partial charge on any atom is 0.229 e. The molecule has 1 rings (SSSR count). The molecular weight excluding hydrogens is 206 g/mol. The van der Waals surface area contributed by atoms with Gasteiger partial charge in [-0.15, -0.1) is 11.6 Å². The second-order valence-electron chi connectivity index (χ2n) is 2.53. The van der Waals surface area contributed by atoms with Crippen LogP contribution in [0.1, 0.15) is 17.3 Å². The van der Waals surface area contributed by atoms with Gasteiger partial charge in [0.1, 0.15) is 0 Å². The maximum absolute atomic E-state index is 11.0. The van der Waals surface area contributed by atoms with E-state index in [1.54, 1.807) is 0 Å². The first-order valence-electron chi connectivity index (χ1n) is 3.82. The zero-order valence-electron chi connectivity index (χ0n) is 7.45. The minimum Gasteiger partial charge on any atom is -0.295 e. The van der Waals surface area contributed by atoms with Crippen molar-refractivity contribution in [3.8, 4) is 0 Å². The summed E-state index contributed by atoms with van der Waals surface area (Å²) in [6.45, 7) is 1.35. The Hall–Kier alpha value is -1.49. The van der Waals surface area contributed by atoms with Crippen LogP contribution in [0.5, 0.6) is 0 Å². The van der Waals surface area contributed by atoms with E-state index in [9.17, 15) is 9.59 Å². The van der Waals surface area contributed by atoms with Crippen molar-refractivity contribution < 1.29 is 9.59 Å². The lowest BCUT2D eigenvalue weighted by molar-refractivity contribution is -0.114. The Labute approximate surface area is 85.5 Å². The molecule has 1 aromatic heterocycles. The third-order valence-corrected chi connectivity index (χ3v) is 1.63. The van der Waals surface area contributed by atoms with Crippen LogP contribution < -0.4 is 5.32 Å². The second-order valence-corrected chi connectivity index (χ2v) is 2.80. The first kappa shape index (κ1) is 10.6. The molecule has 6 heteroatoms. The van der Waals surface area contributed by atoms with E-state index < -0.39 is 0 Å². The molecule has 0 fully saturated rings. The SMILES string of the molecule is CC(=O)Nc1ncc(C(=O)CCl)cn1. The van der Waals surface area contributed by atoms with Crippen molar-refractivity contribution in [3.05, 3.63) is 18.0 Å². The monoisotopic (exact) mass is 213 g/mol. The molecule has 74 valence electrons. The summed E-state index contributed by atoms with van der Waals surface area (Å²) in [5.74, 6) is -0.450. The van der Waals surface area contributed by atoms with Crippen LogP contribution in [-0.4, -0.2) is 27.5 Å². The number of nitrogens with one attached hydrogen (secondary N) is 1. The lowest BCUT2D eigenvalue weighted by atomic mass is 10.2. The van der Waals surface area contributed by atoms with Crippen LogP contribution in [0.25, 0.3) is 0 Å². The van der Waals surface area contributed by atoms with Crippen molar-refractivity contribution in [1.82, 2.24) is 9.97 Å². The molecule has 0 aliphatic heterocycles. The summed E-state index contributed by atoms with van der Waals surface area (Å²) >= 11 is 5.34. The van der Waals surface area contributed by atoms with Crippen molar-refractivity contribution in [2.24, 2.45) is 0 Å². The van der Waals surface area contributed by atoms with E-state index in [4.69, 9.17) is 11.6 Å². The van der Waals surface area contributed by atoms with Gasteiger partial charge in [-0.2, -0.15) is 0 Å². The number of Topliss-reactive ketones (excluding diaryl/α,β-unsaturated/α-hetero) is 1. The molecule has 1 amide bonds. The van der Waals surface area contributed by atoms with E-state index in [0.29, 0.717) is 5.56 Å². The molecule has 0 aliphatic rings. The second kappa shape index (κ2) is 4.66. The van der Waals surface area contributed by atoms with E-state index in [2.05, 4.69) is 15.3 Å². The number of amides is 1. The normalized spacial score (nSPS) is 9.57. The van der Waals surface area contributed by atoms with Gasteiger partial charge in [0.15, 0.2) is 5.78 Å². The van der Waals surface area contributed by atoms with Gasteiger partial charge in [0.2, 0.25) is 11.9 Å². The largest absolute Gasteiger partial charge is 0.295 e. The van der Waals surface area contributed by atoms with Crippen LogP contribution in [0, 0.1) is 0 Å². The zero-order valence-corrected chi connectivity index (χ0v) is 8.21. The molecule has 0 aromatic carbocycles. The van der Waals surface area contributed by atoms with E-state index >= 15 is 0 Å². The number of halogens is 1. The molecule has 0 aliphatic carbocycles. The zero-order chi connectivity index (χ0) is 10.6. The number of ketones is 1. The van der Waals surface area contributed by atoms with Gasteiger partial charge >= 0.3 is 0 Å². The fraction of sp³-hybridized carbons (Fsp3) is 0.250. The molecule has 0 saturated heterocycles. The highest BCUT2D eigenvalue weighted by molar-refractivity contribution is 6.30. The molecule has 0 bridgehead atoms. The van der Waals surface area contributed by atoms with Crippen LogP contribution >= 0.6 is 11.6 Å². The average molecular weight is 214 g/mol. The van der Waals surface area contributed by atoms with E-state index in [-0.39, 0.29) is 23.5 Å². The van der Waals surface area contributed by atoms with Gasteiger partial charge in [0.05, 0.1) is 11.4 Å². The predicted octanol–water partition coefficient (Wildman–Crippen LogP) is 0.856. The molecule has 0 saturated carbocycles. The van der Waals surface area contributed by atoms with E-state index in [1.165, 1.54) is 19.3 Å². The van der Waals surface area contributed by atoms with E-state index in [0.717, 1.165) is 0 Å². The van der Waals surface area contributed by atoms with Gasteiger partial charge in [-0.25, -0.2) is 9.97 Å². The molecule has 1 heterocycles. The first-order chi connectivity index (χ1) is 6.63. The highest BCUT2D eigenvalue weighted by Gasteiger charge is 2.05. The Morgan fingerprint density at radius 2 is 2.00 bits per heavy atom. The Morgan fingerprint density at radius 1 is 1.43 bits per heavy atom. The first-order valence-corrected chi connectivity index (χ1v) is 4.35. The third-order valence-electron chi connectivity index (χ3n) is 1.38. The van der Waals surface area contributed by atoms with Gasteiger partial charge in [0.25, 0.3) is 0 Å². The summed E-state index contributed by atoms with van der Waals surface area (Å²) in [5.41, 5.74) is 0.328.